The van der Waals surface area contributed by atoms with Crippen molar-refractivity contribution in [3.8, 4) is 0 Å². The summed E-state index contributed by atoms with van der Waals surface area (Å²) in [4.78, 5) is 0. The van der Waals surface area contributed by atoms with E-state index in [9.17, 15) is 9.50 Å². The molecule has 1 nitrogen and oxygen atoms in total. The van der Waals surface area contributed by atoms with Crippen LogP contribution in [0.5, 0.6) is 0 Å². The molecule has 16 heavy (non-hydrogen) atoms. The molecule has 2 unspecified atom stereocenters. The van der Waals surface area contributed by atoms with Crippen LogP contribution in [0.25, 0.3) is 0 Å². The van der Waals surface area contributed by atoms with Crippen LogP contribution in [0.3, 0.4) is 0 Å². The van der Waals surface area contributed by atoms with Crippen molar-refractivity contribution in [1.82, 2.24) is 0 Å². The highest BCUT2D eigenvalue weighted by atomic mass is 32.2. The molecule has 0 aromatic heterocycles. The zero-order valence-corrected chi connectivity index (χ0v) is 10.9. The van der Waals surface area contributed by atoms with Crippen molar-refractivity contribution in [2.75, 3.05) is 5.75 Å². The summed E-state index contributed by atoms with van der Waals surface area (Å²) in [5, 5.41) is 10.5. The lowest BCUT2D eigenvalue weighted by molar-refractivity contribution is 0.204. The van der Waals surface area contributed by atoms with Crippen molar-refractivity contribution >= 4 is 11.8 Å². The van der Waals surface area contributed by atoms with Crippen LogP contribution in [0.2, 0.25) is 0 Å². The Morgan fingerprint density at radius 1 is 1.44 bits per heavy atom. The Morgan fingerprint density at radius 2 is 2.12 bits per heavy atom. The van der Waals surface area contributed by atoms with Crippen molar-refractivity contribution in [2.24, 2.45) is 0 Å². The second-order valence-corrected chi connectivity index (χ2v) is 5.55. The number of rotatable bonds is 5. The Morgan fingerprint density at radius 3 is 2.69 bits per heavy atom. The third-order valence-electron chi connectivity index (χ3n) is 2.68. The molecule has 0 radical (unpaired) electrons. The van der Waals surface area contributed by atoms with Crippen LogP contribution in [0.4, 0.5) is 4.39 Å². The fourth-order valence-electron chi connectivity index (χ4n) is 1.34. The average Bonchev–Trinajstić information content (AvgIpc) is 2.29. The molecule has 0 heterocycles. The van der Waals surface area contributed by atoms with E-state index in [-0.39, 0.29) is 5.82 Å². The average molecular weight is 242 g/mol. The fraction of sp³-hybridized carbons (Fsp3) is 0.538. The van der Waals surface area contributed by atoms with Crippen molar-refractivity contribution < 1.29 is 9.50 Å². The molecule has 1 N–H and O–H groups in total. The zero-order valence-electron chi connectivity index (χ0n) is 10.0. The molecule has 0 bridgehead atoms. The van der Waals surface area contributed by atoms with Crippen molar-refractivity contribution in [1.29, 1.82) is 0 Å². The van der Waals surface area contributed by atoms with Crippen LogP contribution >= 0.6 is 11.8 Å². The Balaban J connectivity index is 2.59. The van der Waals surface area contributed by atoms with Gasteiger partial charge in [0.2, 0.25) is 0 Å². The van der Waals surface area contributed by atoms with Gasteiger partial charge in [-0.25, -0.2) is 4.39 Å². The molecular formula is C13H19FOS. The number of aryl methyl sites for hydroxylation is 1. The number of aliphatic hydroxyl groups excluding tert-OH is 1. The van der Waals surface area contributed by atoms with E-state index in [1.165, 1.54) is 6.07 Å². The molecule has 0 spiro atoms. The van der Waals surface area contributed by atoms with Crippen LogP contribution in [-0.2, 0) is 0 Å². The number of thioether (sulfide) groups is 1. The predicted molar refractivity (Wildman–Crippen MR) is 68.3 cm³/mol. The molecule has 1 aromatic rings. The summed E-state index contributed by atoms with van der Waals surface area (Å²) in [6.07, 6.45) is 0.595. The Hall–Kier alpha value is -0.540. The standard InChI is InChI=1S/C13H19FOS/c1-4-10(3)16-8-13(15)11-5-6-12(14)9(2)7-11/h5-7,10,13,15H,4,8H2,1-3H3. The minimum Gasteiger partial charge on any atom is -0.388 e. The maximum atomic E-state index is 13.0. The lowest BCUT2D eigenvalue weighted by Crippen LogP contribution is -2.05. The highest BCUT2D eigenvalue weighted by Gasteiger charge is 2.11. The summed E-state index contributed by atoms with van der Waals surface area (Å²) in [6, 6.07) is 4.79. The number of benzene rings is 1. The summed E-state index contributed by atoms with van der Waals surface area (Å²) < 4.78 is 13.0. The first-order valence-corrected chi connectivity index (χ1v) is 6.65. The van der Waals surface area contributed by atoms with Gasteiger partial charge in [-0.1, -0.05) is 26.0 Å². The van der Waals surface area contributed by atoms with Crippen LogP contribution < -0.4 is 0 Å². The van der Waals surface area contributed by atoms with Gasteiger partial charge in [-0.3, -0.25) is 0 Å². The fourth-order valence-corrected chi connectivity index (χ4v) is 2.28. The van der Waals surface area contributed by atoms with Crippen LogP contribution in [0.1, 0.15) is 37.5 Å². The van der Waals surface area contributed by atoms with E-state index < -0.39 is 6.10 Å². The van der Waals surface area contributed by atoms with E-state index in [2.05, 4.69) is 13.8 Å². The van der Waals surface area contributed by atoms with Gasteiger partial charge in [-0.05, 0) is 30.5 Å². The van der Waals surface area contributed by atoms with Gasteiger partial charge in [-0.2, -0.15) is 11.8 Å². The predicted octanol–water partition coefficient (Wildman–Crippen LogP) is 3.70. The third-order valence-corrected chi connectivity index (χ3v) is 4.09. The largest absolute Gasteiger partial charge is 0.388 e. The molecule has 0 aliphatic heterocycles. The SMILES string of the molecule is CCC(C)SCC(O)c1ccc(F)c(C)c1. The van der Waals surface area contributed by atoms with E-state index in [1.54, 1.807) is 30.8 Å². The van der Waals surface area contributed by atoms with Gasteiger partial charge in [0.05, 0.1) is 6.10 Å². The van der Waals surface area contributed by atoms with Gasteiger partial charge in [-0.15, -0.1) is 0 Å². The summed E-state index contributed by atoms with van der Waals surface area (Å²) in [5.74, 6) is 0.450. The lowest BCUT2D eigenvalue weighted by Gasteiger charge is -2.14. The number of hydrogen-bond acceptors (Lipinski definition) is 2. The maximum absolute atomic E-state index is 13.0. The summed E-state index contributed by atoms with van der Waals surface area (Å²) >= 11 is 1.75. The maximum Gasteiger partial charge on any atom is 0.126 e. The quantitative estimate of drug-likeness (QED) is 0.849. The van der Waals surface area contributed by atoms with Crippen LogP contribution in [-0.4, -0.2) is 16.1 Å². The lowest BCUT2D eigenvalue weighted by atomic mass is 10.1. The first-order chi connectivity index (χ1) is 7.54. The molecule has 1 rings (SSSR count). The smallest absolute Gasteiger partial charge is 0.126 e. The molecule has 0 amide bonds. The van der Waals surface area contributed by atoms with Crippen molar-refractivity contribution in [2.45, 2.75) is 38.5 Å². The van der Waals surface area contributed by atoms with E-state index in [0.717, 1.165) is 12.0 Å². The van der Waals surface area contributed by atoms with Gasteiger partial charge in [0.15, 0.2) is 0 Å². The number of aliphatic hydroxyl groups is 1. The first-order valence-electron chi connectivity index (χ1n) is 5.60. The first kappa shape index (κ1) is 13.5. The molecule has 0 aliphatic rings. The van der Waals surface area contributed by atoms with Gasteiger partial charge < -0.3 is 5.11 Å². The van der Waals surface area contributed by atoms with Crippen LogP contribution in [0, 0.1) is 12.7 Å². The van der Waals surface area contributed by atoms with Crippen molar-refractivity contribution in [3.05, 3.63) is 35.1 Å². The van der Waals surface area contributed by atoms with E-state index >= 15 is 0 Å². The Kier molecular flexibility index (Phi) is 5.29. The Labute approximate surface area is 101 Å². The minimum absolute atomic E-state index is 0.217. The molecule has 0 aliphatic carbocycles. The molecule has 3 heteroatoms. The monoisotopic (exact) mass is 242 g/mol. The highest BCUT2D eigenvalue weighted by Crippen LogP contribution is 2.23. The molecule has 0 saturated heterocycles. The topological polar surface area (TPSA) is 20.2 Å². The molecular weight excluding hydrogens is 223 g/mol. The van der Waals surface area contributed by atoms with Crippen LogP contribution in [0.15, 0.2) is 18.2 Å². The number of hydrogen-bond donors (Lipinski definition) is 1. The second-order valence-electron chi connectivity index (χ2n) is 4.08. The zero-order chi connectivity index (χ0) is 12.1. The van der Waals surface area contributed by atoms with Gasteiger partial charge in [0.1, 0.15) is 5.82 Å². The minimum atomic E-state index is -0.502. The van der Waals surface area contributed by atoms with Gasteiger partial charge in [0.25, 0.3) is 0 Å². The van der Waals surface area contributed by atoms with E-state index in [1.807, 2.05) is 0 Å². The van der Waals surface area contributed by atoms with Gasteiger partial charge >= 0.3 is 0 Å². The normalized spacial score (nSPS) is 14.8. The van der Waals surface area contributed by atoms with E-state index in [0.29, 0.717) is 16.6 Å². The molecule has 0 saturated carbocycles. The molecule has 0 fully saturated rings. The van der Waals surface area contributed by atoms with Gasteiger partial charge in [0, 0.05) is 11.0 Å². The van der Waals surface area contributed by atoms with Crippen molar-refractivity contribution in [3.63, 3.8) is 0 Å². The third kappa shape index (κ3) is 3.80. The number of halogens is 1. The van der Waals surface area contributed by atoms with E-state index in [4.69, 9.17) is 0 Å². The Bertz CT molecular complexity index is 341. The molecule has 1 aromatic carbocycles. The second kappa shape index (κ2) is 6.26. The summed E-state index contributed by atoms with van der Waals surface area (Å²) in [5.41, 5.74) is 1.39. The molecule has 90 valence electrons. The summed E-state index contributed by atoms with van der Waals surface area (Å²) in [6.45, 7) is 5.99. The molecule has 2 atom stereocenters. The summed E-state index contributed by atoms with van der Waals surface area (Å²) in [7, 11) is 0. The highest BCUT2D eigenvalue weighted by molar-refractivity contribution is 7.99.